The van der Waals surface area contributed by atoms with E-state index in [1.807, 2.05) is 13.2 Å². The van der Waals surface area contributed by atoms with Gasteiger partial charge in [-0.3, -0.25) is 4.79 Å². The zero-order chi connectivity index (χ0) is 25.6. The largest absolute Gasteiger partial charge is 0.435 e. The normalized spacial score (nSPS) is 17.7. The highest BCUT2D eigenvalue weighted by Gasteiger charge is 2.73. The fourth-order valence-electron chi connectivity index (χ4n) is 3.99. The molecular formula is C22H20ClF7N2OS. The first-order valence-corrected chi connectivity index (χ1v) is 11.7. The predicted molar refractivity (Wildman–Crippen MR) is 118 cm³/mol. The molecule has 1 aliphatic heterocycles. The van der Waals surface area contributed by atoms with Crippen LogP contribution < -0.4 is 5.32 Å². The average Bonchev–Trinajstić information content (AvgIpc) is 3.00. The summed E-state index contributed by atoms with van der Waals surface area (Å²) in [4.78, 5) is 14.6. The van der Waals surface area contributed by atoms with Crippen LogP contribution in [-0.2, 0) is 5.67 Å². The molecule has 0 radical (unpaired) electrons. The lowest BCUT2D eigenvalue weighted by atomic mass is 9.92. The van der Waals surface area contributed by atoms with Crippen LogP contribution in [0.1, 0.15) is 40.1 Å². The third-order valence-corrected chi connectivity index (χ3v) is 6.78. The Kier molecular flexibility index (Phi) is 7.12. The first kappa shape index (κ1) is 26.5. The molecule has 2 unspecified atom stereocenters. The average molecular weight is 529 g/mol. The van der Waals surface area contributed by atoms with Gasteiger partial charge in [0.05, 0.1) is 10.6 Å². The minimum atomic E-state index is -6.20. The third kappa shape index (κ3) is 4.32. The number of amides is 1. The Labute approximate surface area is 200 Å². The fraction of sp³-hybridized carbons (Fsp3) is 0.409. The maximum atomic E-state index is 14.5. The number of thioether (sulfide) groups is 1. The molecule has 0 aromatic heterocycles. The number of nitrogens with one attached hydrogen (secondary N) is 1. The Morgan fingerprint density at radius 3 is 2.24 bits per heavy atom. The van der Waals surface area contributed by atoms with Crippen LogP contribution in [0.25, 0.3) is 0 Å². The third-order valence-electron chi connectivity index (χ3n) is 5.65. The Bertz CT molecular complexity index is 1080. The van der Waals surface area contributed by atoms with Crippen LogP contribution in [0.4, 0.5) is 36.4 Å². The van der Waals surface area contributed by atoms with E-state index >= 15 is 0 Å². The SMILES string of the molecule is CSCC(C)N1C(=O)c2c(Cl)cccc2C1Nc1ccc(C(F)(C(F)(F)F)C(F)(F)F)cc1C. The number of alkyl halides is 7. The summed E-state index contributed by atoms with van der Waals surface area (Å²) in [7, 11) is 0. The van der Waals surface area contributed by atoms with Gasteiger partial charge in [-0.15, -0.1) is 0 Å². The Balaban J connectivity index is 2.05. The molecule has 0 bridgehead atoms. The maximum absolute atomic E-state index is 14.5. The lowest BCUT2D eigenvalue weighted by Crippen LogP contribution is -2.50. The first-order valence-electron chi connectivity index (χ1n) is 9.95. The van der Waals surface area contributed by atoms with E-state index in [2.05, 4.69) is 5.32 Å². The number of fused-ring (bicyclic) bond motifs is 1. The molecule has 1 aliphatic rings. The lowest BCUT2D eigenvalue weighted by molar-refractivity contribution is -0.348. The molecule has 12 heteroatoms. The summed E-state index contributed by atoms with van der Waals surface area (Å²) in [5.41, 5.74) is -6.24. The molecule has 186 valence electrons. The van der Waals surface area contributed by atoms with E-state index in [1.54, 1.807) is 18.2 Å². The Morgan fingerprint density at radius 1 is 1.09 bits per heavy atom. The number of benzene rings is 2. The fourth-order valence-corrected chi connectivity index (χ4v) is 4.89. The predicted octanol–water partition coefficient (Wildman–Crippen LogP) is 7.26. The minimum Gasteiger partial charge on any atom is -0.361 e. The number of carbonyl (C=O) groups is 1. The van der Waals surface area contributed by atoms with E-state index in [0.717, 1.165) is 6.07 Å². The number of halogens is 8. The van der Waals surface area contributed by atoms with Crippen molar-refractivity contribution >= 4 is 35.0 Å². The van der Waals surface area contributed by atoms with Crippen LogP contribution in [0.5, 0.6) is 0 Å². The van der Waals surface area contributed by atoms with Crippen LogP contribution in [0.3, 0.4) is 0 Å². The standard InChI is InChI=1S/C22H20ClF7N2OS/c1-11-9-13(20(24,21(25,26)27)22(28,29)30)7-8-16(11)31-18-14-5-4-6-15(23)17(14)19(33)32(18)12(2)10-34-3/h4-9,12,18,31H,10H2,1-3H3. The molecule has 1 N–H and O–H groups in total. The number of aryl methyl sites for hydroxylation is 1. The zero-order valence-electron chi connectivity index (χ0n) is 18.1. The lowest BCUT2D eigenvalue weighted by Gasteiger charge is -2.33. The van der Waals surface area contributed by atoms with Crippen LogP contribution in [0.15, 0.2) is 36.4 Å². The van der Waals surface area contributed by atoms with Crippen LogP contribution >= 0.6 is 23.4 Å². The molecule has 3 rings (SSSR count). The van der Waals surface area contributed by atoms with Crippen molar-refractivity contribution in [2.24, 2.45) is 0 Å². The summed E-state index contributed by atoms with van der Waals surface area (Å²) in [6.45, 7) is 3.06. The van der Waals surface area contributed by atoms with Crippen molar-refractivity contribution in [1.82, 2.24) is 4.90 Å². The van der Waals surface area contributed by atoms with E-state index in [9.17, 15) is 35.5 Å². The second-order valence-electron chi connectivity index (χ2n) is 7.95. The molecule has 0 fully saturated rings. The van der Waals surface area contributed by atoms with E-state index in [4.69, 9.17) is 11.6 Å². The molecule has 0 saturated carbocycles. The summed E-state index contributed by atoms with van der Waals surface area (Å²) in [5, 5.41) is 3.24. The molecule has 2 aromatic carbocycles. The highest BCUT2D eigenvalue weighted by Crippen LogP contribution is 2.53. The van der Waals surface area contributed by atoms with Gasteiger partial charge in [-0.25, -0.2) is 4.39 Å². The van der Waals surface area contributed by atoms with Gasteiger partial charge < -0.3 is 10.2 Å². The van der Waals surface area contributed by atoms with Gasteiger partial charge in [0.15, 0.2) is 0 Å². The first-order chi connectivity index (χ1) is 15.6. The molecule has 34 heavy (non-hydrogen) atoms. The number of anilines is 1. The van der Waals surface area contributed by atoms with Gasteiger partial charge in [0.2, 0.25) is 0 Å². The van der Waals surface area contributed by atoms with Gasteiger partial charge >= 0.3 is 18.0 Å². The smallest absolute Gasteiger partial charge is 0.361 e. The van der Waals surface area contributed by atoms with Gasteiger partial charge in [0, 0.05) is 28.6 Å². The van der Waals surface area contributed by atoms with Gasteiger partial charge in [-0.1, -0.05) is 35.9 Å². The van der Waals surface area contributed by atoms with E-state index < -0.39 is 29.8 Å². The zero-order valence-corrected chi connectivity index (χ0v) is 19.7. The molecule has 0 aliphatic carbocycles. The molecular weight excluding hydrogens is 509 g/mol. The summed E-state index contributed by atoms with van der Waals surface area (Å²) in [6, 6.07) is 6.46. The summed E-state index contributed by atoms with van der Waals surface area (Å²) < 4.78 is 93.3. The van der Waals surface area contributed by atoms with Crippen molar-refractivity contribution < 1.29 is 35.5 Å². The summed E-state index contributed by atoms with van der Waals surface area (Å²) >= 11 is 7.73. The van der Waals surface area contributed by atoms with Crippen molar-refractivity contribution in [2.75, 3.05) is 17.3 Å². The van der Waals surface area contributed by atoms with E-state index in [0.29, 0.717) is 23.4 Å². The van der Waals surface area contributed by atoms with Gasteiger partial charge in [-0.05, 0) is 37.8 Å². The number of rotatable bonds is 6. The minimum absolute atomic E-state index is 0.0616. The molecule has 3 nitrogen and oxygen atoms in total. The van der Waals surface area contributed by atoms with Crippen molar-refractivity contribution in [1.29, 1.82) is 0 Å². The second-order valence-corrected chi connectivity index (χ2v) is 9.27. The topological polar surface area (TPSA) is 32.3 Å². The molecule has 0 spiro atoms. The van der Waals surface area contributed by atoms with Gasteiger partial charge in [0.25, 0.3) is 5.91 Å². The highest BCUT2D eigenvalue weighted by molar-refractivity contribution is 7.98. The van der Waals surface area contributed by atoms with Crippen molar-refractivity contribution in [3.8, 4) is 0 Å². The molecule has 1 amide bonds. The molecule has 1 heterocycles. The van der Waals surface area contributed by atoms with Crippen LogP contribution in [-0.4, -0.2) is 41.2 Å². The number of nitrogens with zero attached hydrogens (tertiary/aromatic N) is 1. The summed E-state index contributed by atoms with van der Waals surface area (Å²) in [5.74, 6) is 0.209. The van der Waals surface area contributed by atoms with Crippen molar-refractivity contribution in [3.63, 3.8) is 0 Å². The number of carbonyl (C=O) groups excluding carboxylic acids is 1. The van der Waals surface area contributed by atoms with Gasteiger partial charge in [0.1, 0.15) is 6.17 Å². The van der Waals surface area contributed by atoms with Crippen molar-refractivity contribution in [2.45, 2.75) is 44.1 Å². The van der Waals surface area contributed by atoms with E-state index in [-0.39, 0.29) is 33.8 Å². The van der Waals surface area contributed by atoms with Crippen molar-refractivity contribution in [3.05, 3.63) is 63.7 Å². The highest BCUT2D eigenvalue weighted by atomic mass is 35.5. The Hall–Kier alpha value is -2.14. The Morgan fingerprint density at radius 2 is 1.71 bits per heavy atom. The number of hydrogen-bond donors (Lipinski definition) is 1. The maximum Gasteiger partial charge on any atom is 0.435 e. The molecule has 2 atom stereocenters. The second kappa shape index (κ2) is 9.14. The quantitative estimate of drug-likeness (QED) is 0.401. The monoisotopic (exact) mass is 528 g/mol. The van der Waals surface area contributed by atoms with Crippen LogP contribution in [0.2, 0.25) is 5.02 Å². The van der Waals surface area contributed by atoms with E-state index in [1.165, 1.54) is 23.6 Å². The molecule has 0 saturated heterocycles. The van der Waals surface area contributed by atoms with Gasteiger partial charge in [-0.2, -0.15) is 38.1 Å². The number of hydrogen-bond acceptors (Lipinski definition) is 3. The molecule has 2 aromatic rings. The summed E-state index contributed by atoms with van der Waals surface area (Å²) in [6.07, 6.45) is -11.3. The van der Waals surface area contributed by atoms with Crippen LogP contribution in [0, 0.1) is 6.92 Å².